The predicted octanol–water partition coefficient (Wildman–Crippen LogP) is -1.64. The van der Waals surface area contributed by atoms with Gasteiger partial charge in [0.15, 0.2) is 0 Å². The summed E-state index contributed by atoms with van der Waals surface area (Å²) in [6.07, 6.45) is 0. The van der Waals surface area contributed by atoms with E-state index in [0.717, 1.165) is 0 Å². The Bertz CT molecular complexity index is 13.5. The van der Waals surface area contributed by atoms with Crippen molar-refractivity contribution in [3.8, 4) is 0 Å². The van der Waals surface area contributed by atoms with Gasteiger partial charge in [-0.1, -0.05) is 0 Å². The minimum absolute atomic E-state index is 0. The van der Waals surface area contributed by atoms with Crippen LogP contribution in [0.25, 0.3) is 0 Å². The first-order valence-corrected chi connectivity index (χ1v) is 0.471. The molecule has 0 aliphatic rings. The molecule has 0 saturated heterocycles. The van der Waals surface area contributed by atoms with E-state index in [9.17, 15) is 0 Å². The van der Waals surface area contributed by atoms with Crippen LogP contribution >= 0.6 is 0 Å². The molecule has 2 nitrogen and oxygen atoms in total. The number of rotatable bonds is 0. The molecule has 0 saturated carbocycles. The zero-order valence-corrected chi connectivity index (χ0v) is 3.18. The summed E-state index contributed by atoms with van der Waals surface area (Å²) in [5.74, 6) is 0. The van der Waals surface area contributed by atoms with Gasteiger partial charge in [-0.3, -0.25) is 0 Å². The predicted molar refractivity (Wildman–Crippen MR) is 6.06 cm³/mol. The first-order valence-electron chi connectivity index (χ1n) is 0.471. The van der Waals surface area contributed by atoms with Crippen LogP contribution in [0.4, 0.5) is 0 Å². The van der Waals surface area contributed by atoms with Crippen LogP contribution in [0.5, 0.6) is 0 Å². The van der Waals surface area contributed by atoms with Crippen molar-refractivity contribution < 1.29 is 32.3 Å². The summed E-state index contributed by atoms with van der Waals surface area (Å²) in [6.45, 7) is -0.500. The van der Waals surface area contributed by atoms with Gasteiger partial charge in [0.05, 0.1) is 0 Å². The van der Waals surface area contributed by atoms with Gasteiger partial charge in [-0.25, -0.2) is 0 Å². The van der Waals surface area contributed by atoms with Gasteiger partial charge in [0.25, 0.3) is 0 Å². The minimum Gasteiger partial charge on any atom is -0.554 e. The van der Waals surface area contributed by atoms with E-state index < -0.39 is 6.47 Å². The Kier molecular flexibility index (Phi) is 23.8. The fourth-order valence-electron chi connectivity index (χ4n) is 0. The molecular weight excluding hydrogens is 152 g/mol. The average molecular weight is 153 g/mol. The molecule has 0 unspecified atom stereocenters. The molecule has 0 aliphatic carbocycles. The van der Waals surface area contributed by atoms with Gasteiger partial charge in [0, 0.05) is 6.47 Å². The molecule has 0 radical (unpaired) electrons. The summed E-state index contributed by atoms with van der Waals surface area (Å²) < 4.78 is 0. The quantitative estimate of drug-likeness (QED) is 0.309. The molecule has 0 bridgehead atoms. The molecule has 0 aromatic heterocycles. The van der Waals surface area contributed by atoms with Crippen LogP contribution in [0.3, 0.4) is 0 Å². The van der Waals surface area contributed by atoms with Crippen molar-refractivity contribution in [1.82, 2.24) is 0 Å². The van der Waals surface area contributed by atoms with Crippen molar-refractivity contribution in [3.05, 3.63) is 0 Å². The second-order valence-corrected chi connectivity index (χ2v) is 0.0962. The topological polar surface area (TPSA) is 40.1 Å². The van der Waals surface area contributed by atoms with Crippen LogP contribution in [0.1, 0.15) is 0 Å². The molecule has 4 heavy (non-hydrogen) atoms. The maximum Gasteiger partial charge on any atom is 1.00 e. The monoisotopic (exact) mass is 152 g/mol. The zero-order chi connectivity index (χ0) is 2.71. The Morgan fingerprint density at radius 3 is 1.75 bits per heavy atom. The molecule has 28 valence electrons. The molecular formula is CHAgO2. The van der Waals surface area contributed by atoms with E-state index in [1.807, 2.05) is 0 Å². The van der Waals surface area contributed by atoms with Crippen molar-refractivity contribution in [2.45, 2.75) is 0 Å². The summed E-state index contributed by atoms with van der Waals surface area (Å²) in [5, 5.41) is 8.25. The average Bonchev–Trinajstić information content (AvgIpc) is 0.918. The summed E-state index contributed by atoms with van der Waals surface area (Å²) in [4.78, 5) is 8.25. The smallest absolute Gasteiger partial charge is 0.554 e. The summed E-state index contributed by atoms with van der Waals surface area (Å²) in [7, 11) is 0. The summed E-state index contributed by atoms with van der Waals surface area (Å²) >= 11 is 0. The van der Waals surface area contributed by atoms with Crippen LogP contribution in [-0.4, -0.2) is 6.47 Å². The van der Waals surface area contributed by atoms with Gasteiger partial charge in [-0.15, -0.1) is 0 Å². The summed E-state index contributed by atoms with van der Waals surface area (Å²) in [6, 6.07) is 0. The Labute approximate surface area is 39.3 Å². The molecule has 0 amide bonds. The van der Waals surface area contributed by atoms with Gasteiger partial charge >= 0.3 is 22.4 Å². The van der Waals surface area contributed by atoms with Gasteiger partial charge < -0.3 is 9.90 Å². The van der Waals surface area contributed by atoms with E-state index in [-0.39, 0.29) is 22.4 Å². The third-order valence-corrected chi connectivity index (χ3v) is 0. The van der Waals surface area contributed by atoms with Crippen LogP contribution in [-0.2, 0) is 27.2 Å². The van der Waals surface area contributed by atoms with E-state index >= 15 is 0 Å². The number of carbonyl (C=O) groups excluding carboxylic acids is 1. The SMILES string of the molecule is O=C[O-].[Ag+]. The van der Waals surface area contributed by atoms with Crippen molar-refractivity contribution in [3.63, 3.8) is 0 Å². The fraction of sp³-hybridized carbons (Fsp3) is 0. The first-order chi connectivity index (χ1) is 1.41. The second kappa shape index (κ2) is 10.7. The van der Waals surface area contributed by atoms with E-state index in [1.165, 1.54) is 0 Å². The molecule has 0 aromatic rings. The Balaban J connectivity index is 0. The maximum atomic E-state index is 8.25. The normalized spacial score (nSPS) is 3.00. The van der Waals surface area contributed by atoms with Gasteiger partial charge in [0.2, 0.25) is 0 Å². The molecule has 3 heteroatoms. The largest absolute Gasteiger partial charge is 1.00 e. The number of hydrogen-bond acceptors (Lipinski definition) is 2. The molecule has 0 atom stereocenters. The van der Waals surface area contributed by atoms with Gasteiger partial charge in [-0.05, 0) is 0 Å². The first kappa shape index (κ1) is 8.88. The van der Waals surface area contributed by atoms with Crippen molar-refractivity contribution >= 4 is 6.47 Å². The van der Waals surface area contributed by atoms with E-state index in [2.05, 4.69) is 0 Å². The summed E-state index contributed by atoms with van der Waals surface area (Å²) in [5.41, 5.74) is 0. The molecule has 0 N–H and O–H groups in total. The number of carboxylic acid groups (broad SMARTS) is 1. The van der Waals surface area contributed by atoms with Crippen molar-refractivity contribution in [1.29, 1.82) is 0 Å². The third-order valence-electron chi connectivity index (χ3n) is 0. The zero-order valence-electron chi connectivity index (χ0n) is 1.70. The Hall–Kier alpha value is 0.210. The number of carbonyl (C=O) groups is 1. The van der Waals surface area contributed by atoms with Crippen molar-refractivity contribution in [2.75, 3.05) is 0 Å². The van der Waals surface area contributed by atoms with Crippen LogP contribution < -0.4 is 5.11 Å². The molecule has 0 aliphatic heterocycles. The van der Waals surface area contributed by atoms with E-state index in [4.69, 9.17) is 9.90 Å². The number of hydrogen-bond donors (Lipinski definition) is 0. The second-order valence-electron chi connectivity index (χ2n) is 0.0962. The van der Waals surface area contributed by atoms with Gasteiger partial charge in [0.1, 0.15) is 0 Å². The standard InChI is InChI=1S/CH2O2.Ag/c2-1-3;/h1H,(H,2,3);/q;+1/p-1. The Morgan fingerprint density at radius 1 is 1.75 bits per heavy atom. The van der Waals surface area contributed by atoms with Crippen LogP contribution in [0.2, 0.25) is 0 Å². The van der Waals surface area contributed by atoms with E-state index in [0.29, 0.717) is 0 Å². The third kappa shape index (κ3) is 73.2. The van der Waals surface area contributed by atoms with E-state index in [1.54, 1.807) is 0 Å². The van der Waals surface area contributed by atoms with Crippen LogP contribution in [0, 0.1) is 0 Å². The Morgan fingerprint density at radius 2 is 1.75 bits per heavy atom. The minimum atomic E-state index is -0.500. The molecule has 0 spiro atoms. The molecule has 0 fully saturated rings. The fourth-order valence-corrected chi connectivity index (χ4v) is 0. The molecule has 0 aromatic carbocycles. The van der Waals surface area contributed by atoms with Gasteiger partial charge in [-0.2, -0.15) is 0 Å². The molecule has 0 rings (SSSR count). The molecule has 0 heterocycles. The maximum absolute atomic E-state index is 8.25. The van der Waals surface area contributed by atoms with Crippen LogP contribution in [0.15, 0.2) is 0 Å². The van der Waals surface area contributed by atoms with Crippen molar-refractivity contribution in [2.24, 2.45) is 0 Å².